The number of halogens is 1. The molecule has 0 atom stereocenters. The summed E-state index contributed by atoms with van der Waals surface area (Å²) in [7, 11) is 1.55. The minimum atomic E-state index is 0. The Balaban J connectivity index is 0.000000325. The van der Waals surface area contributed by atoms with Gasteiger partial charge in [-0.3, -0.25) is 0 Å². The Labute approximate surface area is 198 Å². The Morgan fingerprint density at radius 1 is 0.833 bits per heavy atom. The first-order chi connectivity index (χ1) is 13.6. The van der Waals surface area contributed by atoms with Crippen molar-refractivity contribution in [2.24, 2.45) is 10.1 Å². The second kappa shape index (κ2) is 12.4. The van der Waals surface area contributed by atoms with Crippen LogP contribution in [0.5, 0.6) is 0 Å². The average molecular weight is 507 g/mol. The predicted molar refractivity (Wildman–Crippen MR) is 118 cm³/mol. The summed E-state index contributed by atoms with van der Waals surface area (Å²) < 4.78 is 0. The molecule has 1 radical (unpaired) electrons. The topological polar surface area (TPSA) is 34.0 Å². The molecule has 0 saturated heterocycles. The zero-order valence-electron chi connectivity index (χ0n) is 17.6. The van der Waals surface area contributed by atoms with Crippen LogP contribution in [0.2, 0.25) is 0 Å². The molecule has 0 unspecified atom stereocenters. The Hall–Kier alpha value is -2.29. The Morgan fingerprint density at radius 2 is 1.43 bits per heavy atom. The Morgan fingerprint density at radius 3 is 2.03 bits per heavy atom. The molecule has 0 N–H and O–H groups in total. The monoisotopic (exact) mass is 507 g/mol. The normalized spacial score (nSPS) is 12.7. The number of aliphatic imine (C=N–C) groups is 1. The molecule has 0 aromatic heterocycles. The molecule has 157 valence electrons. The number of oxime groups is 1. The van der Waals surface area contributed by atoms with Crippen LogP contribution in [-0.4, -0.2) is 18.5 Å². The molecule has 1 aliphatic rings. The molecule has 0 bridgehead atoms. The summed E-state index contributed by atoms with van der Waals surface area (Å²) in [5.41, 5.74) is 7.41. The molecule has 30 heavy (non-hydrogen) atoms. The van der Waals surface area contributed by atoms with Gasteiger partial charge < -0.3 is 17.2 Å². The molecule has 0 fully saturated rings. The molecule has 0 saturated carbocycles. The fourth-order valence-corrected chi connectivity index (χ4v) is 3.00. The van der Waals surface area contributed by atoms with Crippen molar-refractivity contribution in [1.29, 1.82) is 0 Å². The van der Waals surface area contributed by atoms with Crippen LogP contribution in [0.1, 0.15) is 42.0 Å². The summed E-state index contributed by atoms with van der Waals surface area (Å²) >= 11 is 0. The van der Waals surface area contributed by atoms with Crippen molar-refractivity contribution >= 4 is 17.1 Å². The quantitative estimate of drug-likeness (QED) is 0.396. The first-order valence-corrected chi connectivity index (χ1v) is 9.51. The summed E-state index contributed by atoms with van der Waals surface area (Å²) in [6, 6.07) is 26.7. The van der Waals surface area contributed by atoms with Gasteiger partial charge in [-0.15, -0.1) is 0 Å². The van der Waals surface area contributed by atoms with E-state index in [0.717, 1.165) is 28.2 Å². The van der Waals surface area contributed by atoms with Crippen LogP contribution in [0, 0.1) is 6.92 Å². The summed E-state index contributed by atoms with van der Waals surface area (Å²) in [4.78, 5) is 9.57. The molecule has 4 rings (SSSR count). The van der Waals surface area contributed by atoms with Gasteiger partial charge in [0.25, 0.3) is 0 Å². The van der Waals surface area contributed by atoms with Gasteiger partial charge in [0.05, 0.1) is 5.69 Å². The second-order valence-corrected chi connectivity index (χ2v) is 7.03. The van der Waals surface area contributed by atoms with E-state index in [9.17, 15) is 0 Å². The van der Waals surface area contributed by atoms with Gasteiger partial charge in [-0.05, 0) is 24.5 Å². The standard InChI is InChI=1S/C15H12N2O.C10H14.ClH.Ru/c1-18-17-15-12-9-5-6-10-13(12)16-14(15)11-7-3-2-4-8-11;1-8(2)10-6-4-9(3)5-7-10;;/h2-10H,1H3;4-8H,1-3H3;1H;/q;;;+1/p-1/b17-15+;;;. The molecule has 3 nitrogen and oxygen atoms in total. The van der Waals surface area contributed by atoms with Crippen molar-refractivity contribution in [3.05, 3.63) is 101 Å². The zero-order chi connectivity index (χ0) is 19.9. The maximum Gasteiger partial charge on any atom is 1.00 e. The summed E-state index contributed by atoms with van der Waals surface area (Å²) in [5.74, 6) is 0.653. The maximum atomic E-state index is 4.94. The van der Waals surface area contributed by atoms with E-state index in [2.05, 4.69) is 55.2 Å². The van der Waals surface area contributed by atoms with E-state index in [4.69, 9.17) is 4.84 Å². The summed E-state index contributed by atoms with van der Waals surface area (Å²) in [6.07, 6.45) is 0. The van der Waals surface area contributed by atoms with E-state index in [0.29, 0.717) is 5.92 Å². The van der Waals surface area contributed by atoms with E-state index in [1.165, 1.54) is 11.1 Å². The van der Waals surface area contributed by atoms with Gasteiger partial charge in [0.1, 0.15) is 18.5 Å². The van der Waals surface area contributed by atoms with E-state index in [-0.39, 0.29) is 31.9 Å². The van der Waals surface area contributed by atoms with Gasteiger partial charge in [0.2, 0.25) is 0 Å². The molecule has 0 spiro atoms. The van der Waals surface area contributed by atoms with Gasteiger partial charge in [0.15, 0.2) is 0 Å². The van der Waals surface area contributed by atoms with Crippen molar-refractivity contribution < 1.29 is 36.7 Å². The van der Waals surface area contributed by atoms with Crippen molar-refractivity contribution in [2.45, 2.75) is 26.7 Å². The van der Waals surface area contributed by atoms with Crippen molar-refractivity contribution in [2.75, 3.05) is 7.11 Å². The average Bonchev–Trinajstić information content (AvgIpc) is 3.09. The molecular formula is C25H26ClN2ORu. The molecule has 1 heterocycles. The van der Waals surface area contributed by atoms with E-state index < -0.39 is 0 Å². The van der Waals surface area contributed by atoms with Gasteiger partial charge in [-0.25, -0.2) is 4.99 Å². The molecule has 0 aliphatic carbocycles. The zero-order valence-corrected chi connectivity index (χ0v) is 20.1. The minimum absolute atomic E-state index is 0. The first-order valence-electron chi connectivity index (χ1n) is 9.51. The Kier molecular flexibility index (Phi) is 10.7. The smallest absolute Gasteiger partial charge is 1.00 e. The van der Waals surface area contributed by atoms with Gasteiger partial charge in [0, 0.05) is 11.1 Å². The van der Waals surface area contributed by atoms with Crippen molar-refractivity contribution in [3.8, 4) is 0 Å². The fourth-order valence-electron chi connectivity index (χ4n) is 3.00. The van der Waals surface area contributed by atoms with Crippen LogP contribution in [0.15, 0.2) is 89.0 Å². The van der Waals surface area contributed by atoms with Gasteiger partial charge in [-0.1, -0.05) is 97.4 Å². The predicted octanol–water partition coefficient (Wildman–Crippen LogP) is 3.29. The van der Waals surface area contributed by atoms with Crippen LogP contribution in [0.25, 0.3) is 0 Å². The first kappa shape index (κ1) is 25.7. The third kappa shape index (κ3) is 6.35. The third-order valence-corrected chi connectivity index (χ3v) is 4.59. The number of benzene rings is 3. The molecule has 3 aromatic carbocycles. The molecule has 5 heteroatoms. The minimum Gasteiger partial charge on any atom is -1.00 e. The van der Waals surface area contributed by atoms with Crippen LogP contribution in [0.4, 0.5) is 5.69 Å². The molecular weight excluding hydrogens is 481 g/mol. The number of nitrogens with zero attached hydrogens (tertiary/aromatic N) is 2. The number of aryl methyl sites for hydroxylation is 1. The number of hydrogen-bond donors (Lipinski definition) is 0. The Bertz CT molecular complexity index is 984. The van der Waals surface area contributed by atoms with E-state index in [1.807, 2.05) is 54.6 Å². The largest absolute Gasteiger partial charge is 1.00 e. The third-order valence-electron chi connectivity index (χ3n) is 4.59. The van der Waals surface area contributed by atoms with Crippen molar-refractivity contribution in [3.63, 3.8) is 0 Å². The summed E-state index contributed by atoms with van der Waals surface area (Å²) in [6.45, 7) is 6.54. The second-order valence-electron chi connectivity index (χ2n) is 7.03. The number of para-hydroxylation sites is 1. The van der Waals surface area contributed by atoms with Crippen LogP contribution < -0.4 is 12.4 Å². The molecule has 0 amide bonds. The van der Waals surface area contributed by atoms with Crippen molar-refractivity contribution in [1.82, 2.24) is 0 Å². The maximum absolute atomic E-state index is 4.94. The number of hydrogen-bond acceptors (Lipinski definition) is 3. The summed E-state index contributed by atoms with van der Waals surface area (Å²) in [5, 5.41) is 4.11. The van der Waals surface area contributed by atoms with Crippen LogP contribution >= 0.6 is 0 Å². The van der Waals surface area contributed by atoms with Crippen LogP contribution in [-0.2, 0) is 24.3 Å². The number of rotatable bonds is 3. The molecule has 3 aromatic rings. The number of fused-ring (bicyclic) bond motifs is 1. The van der Waals surface area contributed by atoms with E-state index in [1.54, 1.807) is 7.11 Å². The molecule has 1 aliphatic heterocycles. The van der Waals surface area contributed by atoms with Crippen LogP contribution in [0.3, 0.4) is 0 Å². The SMILES string of the molecule is CO/N=C1/C(c2ccccc2)=Nc2ccccc21.Cc1ccc(C(C)C)cc1.[Cl-].[Ru+]. The van der Waals surface area contributed by atoms with Gasteiger partial charge >= 0.3 is 19.5 Å². The fraction of sp³-hybridized carbons (Fsp3) is 0.200. The van der Waals surface area contributed by atoms with Gasteiger partial charge in [-0.2, -0.15) is 0 Å². The van der Waals surface area contributed by atoms with E-state index >= 15 is 0 Å².